The van der Waals surface area contributed by atoms with Crippen molar-refractivity contribution in [1.82, 2.24) is 5.32 Å². The van der Waals surface area contributed by atoms with Crippen LogP contribution in [0.3, 0.4) is 0 Å². The van der Waals surface area contributed by atoms with E-state index < -0.39 is 11.6 Å². The molecule has 1 aliphatic rings. The number of rotatable bonds is 4. The molecule has 0 aromatic rings. The maximum absolute atomic E-state index is 10.8. The Morgan fingerprint density at radius 1 is 1.35 bits per heavy atom. The first kappa shape index (κ1) is 14.5. The fraction of sp³-hybridized carbons (Fsp3) is 0.923. The van der Waals surface area contributed by atoms with Gasteiger partial charge in [0.25, 0.3) is 0 Å². The van der Waals surface area contributed by atoms with Crippen molar-refractivity contribution >= 4 is 5.97 Å². The van der Waals surface area contributed by atoms with Crippen LogP contribution in [-0.2, 0) is 4.79 Å². The third-order valence-electron chi connectivity index (χ3n) is 3.37. The summed E-state index contributed by atoms with van der Waals surface area (Å²) in [5.74, 6) is -0.993. The van der Waals surface area contributed by atoms with E-state index in [2.05, 4.69) is 26.1 Å². The van der Waals surface area contributed by atoms with Gasteiger partial charge in [0.05, 0.1) is 11.5 Å². The maximum atomic E-state index is 10.8. The van der Waals surface area contributed by atoms with Crippen LogP contribution in [0, 0.1) is 11.3 Å². The minimum Gasteiger partial charge on any atom is -0.481 e. The van der Waals surface area contributed by atoms with E-state index in [1.54, 1.807) is 0 Å². The molecule has 0 aliphatic heterocycles. The molecule has 0 heterocycles. The van der Waals surface area contributed by atoms with E-state index in [1.165, 1.54) is 0 Å². The molecule has 0 unspecified atom stereocenters. The monoisotopic (exact) mass is 243 g/mol. The predicted molar refractivity (Wildman–Crippen MR) is 66.9 cm³/mol. The molecule has 17 heavy (non-hydrogen) atoms. The topological polar surface area (TPSA) is 69.6 Å². The van der Waals surface area contributed by atoms with Gasteiger partial charge in [-0.2, -0.15) is 0 Å². The van der Waals surface area contributed by atoms with Gasteiger partial charge in [-0.15, -0.1) is 0 Å². The second kappa shape index (κ2) is 5.36. The number of hydrogen-bond acceptors (Lipinski definition) is 3. The largest absolute Gasteiger partial charge is 0.481 e. The van der Waals surface area contributed by atoms with Crippen molar-refractivity contribution in [3.05, 3.63) is 0 Å². The van der Waals surface area contributed by atoms with Crippen LogP contribution >= 0.6 is 0 Å². The summed E-state index contributed by atoms with van der Waals surface area (Å²) in [5.41, 5.74) is -0.508. The van der Waals surface area contributed by atoms with Crippen molar-refractivity contribution in [3.63, 3.8) is 0 Å². The molecule has 1 fully saturated rings. The van der Waals surface area contributed by atoms with Crippen LogP contribution in [-0.4, -0.2) is 34.9 Å². The number of aliphatic carboxylic acids is 1. The van der Waals surface area contributed by atoms with Crippen molar-refractivity contribution in [3.8, 4) is 0 Å². The van der Waals surface area contributed by atoms with Crippen LogP contribution in [0.5, 0.6) is 0 Å². The molecule has 0 radical (unpaired) electrons. The van der Waals surface area contributed by atoms with Gasteiger partial charge in [0.15, 0.2) is 0 Å². The standard InChI is InChI=1S/C13H25NO3/c1-12(2,3)8-14-9-13(17)6-4-10(5-7-13)11(15)16/h10,14,17H,4-9H2,1-3H3,(H,15,16). The fourth-order valence-corrected chi connectivity index (χ4v) is 2.25. The van der Waals surface area contributed by atoms with Crippen molar-refractivity contribution < 1.29 is 15.0 Å². The maximum Gasteiger partial charge on any atom is 0.306 e. The first-order valence-electron chi connectivity index (χ1n) is 6.38. The molecule has 0 saturated heterocycles. The lowest BCUT2D eigenvalue weighted by Gasteiger charge is -2.35. The summed E-state index contributed by atoms with van der Waals surface area (Å²) in [6.07, 6.45) is 2.34. The Morgan fingerprint density at radius 2 is 1.88 bits per heavy atom. The van der Waals surface area contributed by atoms with E-state index >= 15 is 0 Å². The Hall–Kier alpha value is -0.610. The predicted octanol–water partition coefficient (Wildman–Crippen LogP) is 1.63. The van der Waals surface area contributed by atoms with Gasteiger partial charge in [-0.3, -0.25) is 4.79 Å². The summed E-state index contributed by atoms with van der Waals surface area (Å²) < 4.78 is 0. The van der Waals surface area contributed by atoms with Gasteiger partial charge in [0, 0.05) is 13.1 Å². The van der Waals surface area contributed by atoms with Crippen LogP contribution < -0.4 is 5.32 Å². The fourth-order valence-electron chi connectivity index (χ4n) is 2.25. The number of carboxylic acid groups (broad SMARTS) is 1. The lowest BCUT2D eigenvalue weighted by atomic mass is 9.78. The summed E-state index contributed by atoms with van der Waals surface area (Å²) in [7, 11) is 0. The van der Waals surface area contributed by atoms with E-state index in [9.17, 15) is 9.90 Å². The highest BCUT2D eigenvalue weighted by Gasteiger charge is 2.35. The number of nitrogens with one attached hydrogen (secondary N) is 1. The van der Waals surface area contributed by atoms with Crippen molar-refractivity contribution in [2.24, 2.45) is 11.3 Å². The quantitative estimate of drug-likeness (QED) is 0.702. The van der Waals surface area contributed by atoms with Crippen LogP contribution in [0.1, 0.15) is 46.5 Å². The molecule has 100 valence electrons. The molecule has 0 aromatic heterocycles. The van der Waals surface area contributed by atoms with E-state index in [0.717, 1.165) is 6.54 Å². The zero-order valence-electron chi connectivity index (χ0n) is 11.1. The Labute approximate surface area is 103 Å². The lowest BCUT2D eigenvalue weighted by Crippen LogP contribution is -2.46. The molecule has 0 spiro atoms. The summed E-state index contributed by atoms with van der Waals surface area (Å²) in [5, 5.41) is 22.5. The molecule has 1 rings (SSSR count). The van der Waals surface area contributed by atoms with Crippen molar-refractivity contribution in [1.29, 1.82) is 0 Å². The molecule has 3 N–H and O–H groups in total. The van der Waals surface area contributed by atoms with Gasteiger partial charge in [0.1, 0.15) is 0 Å². The summed E-state index contributed by atoms with van der Waals surface area (Å²) in [6.45, 7) is 7.86. The Morgan fingerprint density at radius 3 is 2.29 bits per heavy atom. The summed E-state index contributed by atoms with van der Waals surface area (Å²) in [4.78, 5) is 10.8. The third-order valence-corrected chi connectivity index (χ3v) is 3.37. The lowest BCUT2D eigenvalue weighted by molar-refractivity contribution is -0.144. The van der Waals surface area contributed by atoms with E-state index in [1.807, 2.05) is 0 Å². The highest BCUT2D eigenvalue weighted by molar-refractivity contribution is 5.70. The van der Waals surface area contributed by atoms with Gasteiger partial charge >= 0.3 is 5.97 Å². The Kier molecular flexibility index (Phi) is 4.55. The second-order valence-corrected chi connectivity index (χ2v) is 6.50. The van der Waals surface area contributed by atoms with Gasteiger partial charge in [-0.05, 0) is 31.1 Å². The summed E-state index contributed by atoms with van der Waals surface area (Å²) in [6, 6.07) is 0. The first-order valence-corrected chi connectivity index (χ1v) is 6.38. The van der Waals surface area contributed by atoms with Crippen molar-refractivity contribution in [2.75, 3.05) is 13.1 Å². The second-order valence-electron chi connectivity index (χ2n) is 6.50. The number of aliphatic hydroxyl groups is 1. The van der Waals surface area contributed by atoms with E-state index in [4.69, 9.17) is 5.11 Å². The molecule has 1 saturated carbocycles. The van der Waals surface area contributed by atoms with Crippen LogP contribution in [0.25, 0.3) is 0 Å². The molecule has 0 amide bonds. The zero-order chi connectivity index (χ0) is 13.1. The number of carboxylic acids is 1. The molecular weight excluding hydrogens is 218 g/mol. The zero-order valence-corrected chi connectivity index (χ0v) is 11.1. The SMILES string of the molecule is CC(C)(C)CNCC1(O)CCC(C(=O)O)CC1. The normalized spacial score (nSPS) is 30.2. The third kappa shape index (κ3) is 5.04. The van der Waals surface area contributed by atoms with Crippen molar-refractivity contribution in [2.45, 2.75) is 52.1 Å². The molecule has 4 nitrogen and oxygen atoms in total. The van der Waals surface area contributed by atoms with Gasteiger partial charge < -0.3 is 15.5 Å². The molecule has 0 aromatic carbocycles. The van der Waals surface area contributed by atoms with Crippen LogP contribution in [0.15, 0.2) is 0 Å². The number of carbonyl (C=O) groups is 1. The van der Waals surface area contributed by atoms with E-state index in [-0.39, 0.29) is 11.3 Å². The molecular formula is C13H25NO3. The Bertz CT molecular complexity index is 262. The highest BCUT2D eigenvalue weighted by atomic mass is 16.4. The highest BCUT2D eigenvalue weighted by Crippen LogP contribution is 2.31. The minimum atomic E-state index is -0.727. The summed E-state index contributed by atoms with van der Waals surface area (Å²) >= 11 is 0. The molecule has 4 heteroatoms. The van der Waals surface area contributed by atoms with Crippen LogP contribution in [0.4, 0.5) is 0 Å². The Balaban J connectivity index is 2.32. The average molecular weight is 243 g/mol. The van der Waals surface area contributed by atoms with E-state index in [0.29, 0.717) is 32.2 Å². The van der Waals surface area contributed by atoms with Gasteiger partial charge in [0.2, 0.25) is 0 Å². The molecule has 0 bridgehead atoms. The minimum absolute atomic E-state index is 0.203. The average Bonchev–Trinajstić information content (AvgIpc) is 2.15. The first-order chi connectivity index (χ1) is 7.72. The van der Waals surface area contributed by atoms with Gasteiger partial charge in [-0.1, -0.05) is 20.8 Å². The smallest absolute Gasteiger partial charge is 0.306 e. The van der Waals surface area contributed by atoms with Crippen LogP contribution in [0.2, 0.25) is 0 Å². The number of hydrogen-bond donors (Lipinski definition) is 3. The molecule has 0 atom stereocenters. The van der Waals surface area contributed by atoms with Gasteiger partial charge in [-0.25, -0.2) is 0 Å². The molecule has 1 aliphatic carbocycles.